The van der Waals surface area contributed by atoms with Gasteiger partial charge in [0, 0.05) is 23.6 Å². The van der Waals surface area contributed by atoms with Crippen molar-refractivity contribution in [2.75, 3.05) is 5.32 Å². The first-order valence-corrected chi connectivity index (χ1v) is 7.71. The first-order chi connectivity index (χ1) is 12.1. The van der Waals surface area contributed by atoms with Crippen LogP contribution in [0.5, 0.6) is 0 Å². The fourth-order valence-electron chi connectivity index (χ4n) is 2.53. The van der Waals surface area contributed by atoms with Gasteiger partial charge in [-0.05, 0) is 31.5 Å². The molecule has 0 aliphatic rings. The van der Waals surface area contributed by atoms with E-state index in [1.54, 1.807) is 10.7 Å². The van der Waals surface area contributed by atoms with E-state index in [9.17, 15) is 4.79 Å². The molecular formula is C17H15N7O. The molecule has 0 fully saturated rings. The number of fused-ring (bicyclic) bond motifs is 1. The lowest BCUT2D eigenvalue weighted by molar-refractivity contribution is 0.102. The molecule has 4 rings (SSSR count). The number of aryl methyl sites for hydroxylation is 2. The lowest BCUT2D eigenvalue weighted by Gasteiger charge is -2.05. The lowest BCUT2D eigenvalue weighted by atomic mass is 10.2. The van der Waals surface area contributed by atoms with Crippen LogP contribution in [0.25, 0.3) is 17.0 Å². The van der Waals surface area contributed by atoms with Crippen LogP contribution in [-0.2, 0) is 0 Å². The molecular weight excluding hydrogens is 318 g/mol. The molecule has 0 unspecified atom stereocenters. The molecule has 4 aromatic rings. The van der Waals surface area contributed by atoms with Crippen LogP contribution in [-0.4, -0.2) is 35.7 Å². The van der Waals surface area contributed by atoms with E-state index >= 15 is 0 Å². The molecule has 8 nitrogen and oxygen atoms in total. The van der Waals surface area contributed by atoms with E-state index < -0.39 is 0 Å². The van der Waals surface area contributed by atoms with Crippen molar-refractivity contribution >= 4 is 17.2 Å². The number of nitrogens with zero attached hydrogens (tertiary/aromatic N) is 5. The molecule has 0 spiro atoms. The van der Waals surface area contributed by atoms with Gasteiger partial charge >= 0.3 is 0 Å². The van der Waals surface area contributed by atoms with Crippen molar-refractivity contribution < 1.29 is 4.79 Å². The molecule has 0 aliphatic carbocycles. The number of carbonyl (C=O) groups is 1. The van der Waals surface area contributed by atoms with Gasteiger partial charge in [-0.1, -0.05) is 12.1 Å². The van der Waals surface area contributed by atoms with Gasteiger partial charge in [0.1, 0.15) is 11.4 Å². The molecule has 1 aromatic carbocycles. The fourth-order valence-corrected chi connectivity index (χ4v) is 2.53. The summed E-state index contributed by atoms with van der Waals surface area (Å²) in [5, 5.41) is 14.0. The third kappa shape index (κ3) is 2.85. The topological polar surface area (TPSA) is 101 Å². The molecule has 1 amide bonds. The number of carbonyl (C=O) groups excluding carboxylic acids is 1. The Balaban J connectivity index is 1.62. The van der Waals surface area contributed by atoms with Gasteiger partial charge in [-0.15, -0.1) is 0 Å². The van der Waals surface area contributed by atoms with Crippen LogP contribution >= 0.6 is 0 Å². The number of rotatable bonds is 3. The van der Waals surface area contributed by atoms with E-state index in [4.69, 9.17) is 0 Å². The summed E-state index contributed by atoms with van der Waals surface area (Å²) in [6.45, 7) is 3.76. The van der Waals surface area contributed by atoms with Crippen LogP contribution in [0.1, 0.15) is 21.7 Å². The highest BCUT2D eigenvalue weighted by molar-refractivity contribution is 6.08. The number of amides is 1. The number of aromatic nitrogens is 6. The summed E-state index contributed by atoms with van der Waals surface area (Å²) in [6, 6.07) is 7.36. The summed E-state index contributed by atoms with van der Waals surface area (Å²) < 4.78 is 1.59. The molecule has 2 N–H and O–H groups in total. The van der Waals surface area contributed by atoms with E-state index in [-0.39, 0.29) is 5.91 Å². The van der Waals surface area contributed by atoms with Crippen molar-refractivity contribution in [3.63, 3.8) is 0 Å². The lowest BCUT2D eigenvalue weighted by Crippen LogP contribution is -2.12. The van der Waals surface area contributed by atoms with Crippen molar-refractivity contribution in [1.82, 2.24) is 29.8 Å². The van der Waals surface area contributed by atoms with Gasteiger partial charge in [0.2, 0.25) is 0 Å². The minimum absolute atomic E-state index is 0.269. The van der Waals surface area contributed by atoms with Crippen molar-refractivity contribution in [2.24, 2.45) is 0 Å². The van der Waals surface area contributed by atoms with Gasteiger partial charge in [0.05, 0.1) is 6.20 Å². The molecule has 3 heterocycles. The molecule has 0 saturated heterocycles. The third-order valence-corrected chi connectivity index (χ3v) is 3.71. The van der Waals surface area contributed by atoms with Crippen LogP contribution in [0, 0.1) is 13.8 Å². The Morgan fingerprint density at radius 1 is 1.24 bits per heavy atom. The Labute approximate surface area is 142 Å². The first-order valence-electron chi connectivity index (χ1n) is 7.71. The molecule has 0 aliphatic heterocycles. The Kier molecular flexibility index (Phi) is 3.50. The summed E-state index contributed by atoms with van der Waals surface area (Å²) in [5.74, 6) is 1.05. The maximum Gasteiger partial charge on any atom is 0.261 e. The Morgan fingerprint density at radius 2 is 2.12 bits per heavy atom. The van der Waals surface area contributed by atoms with Crippen LogP contribution in [0.2, 0.25) is 0 Å². The summed E-state index contributed by atoms with van der Waals surface area (Å²) in [6.07, 6.45) is 5.05. The zero-order valence-electron chi connectivity index (χ0n) is 13.7. The van der Waals surface area contributed by atoms with Gasteiger partial charge in [0.25, 0.3) is 5.91 Å². The zero-order chi connectivity index (χ0) is 17.4. The highest BCUT2D eigenvalue weighted by Gasteiger charge is 2.14. The number of benzene rings is 1. The average molecular weight is 333 g/mol. The highest BCUT2D eigenvalue weighted by Crippen LogP contribution is 2.20. The predicted octanol–water partition coefficient (Wildman–Crippen LogP) is 2.38. The van der Waals surface area contributed by atoms with Gasteiger partial charge in [-0.25, -0.2) is 14.5 Å². The molecule has 0 radical (unpaired) electrons. The Hall–Kier alpha value is -3.55. The fraction of sp³-hybridized carbons (Fsp3) is 0.118. The second-order valence-electron chi connectivity index (χ2n) is 5.74. The largest absolute Gasteiger partial charge is 0.322 e. The number of H-pyrrole nitrogens is 1. The van der Waals surface area contributed by atoms with Crippen LogP contribution in [0.15, 0.2) is 42.9 Å². The van der Waals surface area contributed by atoms with Gasteiger partial charge in [-0.2, -0.15) is 10.2 Å². The zero-order valence-corrected chi connectivity index (χ0v) is 13.7. The van der Waals surface area contributed by atoms with Crippen LogP contribution < -0.4 is 5.32 Å². The second-order valence-corrected chi connectivity index (χ2v) is 5.74. The number of aromatic amines is 1. The SMILES string of the molecule is Cc1cnc2c(C(=O)Nc3cccc(-c4n[nH]c(C)n4)c3)cnn2c1. The minimum atomic E-state index is -0.269. The van der Waals surface area contributed by atoms with E-state index in [0.29, 0.717) is 22.7 Å². The Bertz CT molecular complexity index is 1080. The van der Waals surface area contributed by atoms with Gasteiger partial charge in [-0.3, -0.25) is 9.89 Å². The van der Waals surface area contributed by atoms with E-state index in [0.717, 1.165) is 17.0 Å². The molecule has 124 valence electrons. The van der Waals surface area contributed by atoms with Crippen LogP contribution in [0.4, 0.5) is 5.69 Å². The first kappa shape index (κ1) is 15.0. The number of hydrogen-bond donors (Lipinski definition) is 2. The normalized spacial score (nSPS) is 11.0. The quantitative estimate of drug-likeness (QED) is 0.599. The summed E-state index contributed by atoms with van der Waals surface area (Å²) in [5.41, 5.74) is 3.37. The second kappa shape index (κ2) is 5.82. The van der Waals surface area contributed by atoms with E-state index in [1.165, 1.54) is 6.20 Å². The summed E-state index contributed by atoms with van der Waals surface area (Å²) >= 11 is 0. The number of nitrogens with one attached hydrogen (secondary N) is 2. The standard InChI is InChI=1S/C17H15N7O/c1-10-7-18-16-14(8-19-24(16)9-10)17(25)21-13-5-3-4-12(6-13)15-20-11(2)22-23-15/h3-9H,1-2H3,(H,21,25)(H,20,22,23). The van der Waals surface area contributed by atoms with Gasteiger partial charge in [0.15, 0.2) is 11.5 Å². The maximum absolute atomic E-state index is 12.6. The number of hydrogen-bond acceptors (Lipinski definition) is 5. The molecule has 0 atom stereocenters. The molecule has 8 heteroatoms. The van der Waals surface area contributed by atoms with Gasteiger partial charge < -0.3 is 5.32 Å². The van der Waals surface area contributed by atoms with E-state index in [1.807, 2.05) is 44.3 Å². The average Bonchev–Trinajstić information content (AvgIpc) is 3.21. The minimum Gasteiger partial charge on any atom is -0.322 e. The van der Waals surface area contributed by atoms with Crippen molar-refractivity contribution in [1.29, 1.82) is 0 Å². The Morgan fingerprint density at radius 3 is 2.92 bits per heavy atom. The molecule has 3 aromatic heterocycles. The highest BCUT2D eigenvalue weighted by atomic mass is 16.1. The maximum atomic E-state index is 12.6. The predicted molar refractivity (Wildman–Crippen MR) is 92.2 cm³/mol. The van der Waals surface area contributed by atoms with Crippen molar-refractivity contribution in [3.8, 4) is 11.4 Å². The molecule has 0 saturated carbocycles. The van der Waals surface area contributed by atoms with Crippen molar-refractivity contribution in [3.05, 3.63) is 59.8 Å². The molecule has 0 bridgehead atoms. The van der Waals surface area contributed by atoms with Crippen molar-refractivity contribution in [2.45, 2.75) is 13.8 Å². The summed E-state index contributed by atoms with van der Waals surface area (Å²) in [4.78, 5) is 21.2. The smallest absolute Gasteiger partial charge is 0.261 e. The van der Waals surface area contributed by atoms with Crippen LogP contribution in [0.3, 0.4) is 0 Å². The number of anilines is 1. The third-order valence-electron chi connectivity index (χ3n) is 3.71. The monoisotopic (exact) mass is 333 g/mol. The summed E-state index contributed by atoms with van der Waals surface area (Å²) in [7, 11) is 0. The molecule has 25 heavy (non-hydrogen) atoms. The van der Waals surface area contributed by atoms with E-state index in [2.05, 4.69) is 30.6 Å².